The maximum Gasteiger partial charge on any atom is 0.401 e. The van der Waals surface area contributed by atoms with E-state index in [1.165, 1.54) is 4.90 Å². The van der Waals surface area contributed by atoms with E-state index < -0.39 is 24.6 Å². The van der Waals surface area contributed by atoms with Gasteiger partial charge in [0.05, 0.1) is 12.5 Å². The fourth-order valence-electron chi connectivity index (χ4n) is 3.24. The number of carbonyl (C=O) groups is 2. The summed E-state index contributed by atoms with van der Waals surface area (Å²) in [5, 5.41) is 0. The molecular formula is C16H25F3N2O3. The smallest absolute Gasteiger partial charge is 0.401 e. The summed E-state index contributed by atoms with van der Waals surface area (Å²) in [6.07, 6.45) is 0.626. The molecule has 1 amide bonds. The van der Waals surface area contributed by atoms with Crippen molar-refractivity contribution < 1.29 is 27.5 Å². The van der Waals surface area contributed by atoms with Crippen molar-refractivity contribution in [2.45, 2.75) is 44.7 Å². The number of hydrogen-bond acceptors (Lipinski definition) is 4. The summed E-state index contributed by atoms with van der Waals surface area (Å²) in [5.74, 6) is -1.06. The van der Waals surface area contributed by atoms with Gasteiger partial charge in [-0.15, -0.1) is 0 Å². The van der Waals surface area contributed by atoms with Crippen molar-refractivity contribution in [3.8, 4) is 0 Å². The topological polar surface area (TPSA) is 49.9 Å². The lowest BCUT2D eigenvalue weighted by atomic mass is 9.97. The van der Waals surface area contributed by atoms with E-state index in [2.05, 4.69) is 0 Å². The number of alkyl halides is 3. The van der Waals surface area contributed by atoms with Crippen LogP contribution in [0.3, 0.4) is 0 Å². The molecule has 24 heavy (non-hydrogen) atoms. The van der Waals surface area contributed by atoms with Crippen LogP contribution >= 0.6 is 0 Å². The third-order valence-corrected chi connectivity index (χ3v) is 4.62. The largest absolute Gasteiger partial charge is 0.455 e. The number of ether oxygens (including phenoxy) is 1. The van der Waals surface area contributed by atoms with Crippen LogP contribution in [-0.2, 0) is 14.3 Å². The van der Waals surface area contributed by atoms with E-state index in [9.17, 15) is 22.8 Å². The van der Waals surface area contributed by atoms with Gasteiger partial charge in [-0.25, -0.2) is 0 Å². The summed E-state index contributed by atoms with van der Waals surface area (Å²) >= 11 is 0. The van der Waals surface area contributed by atoms with Gasteiger partial charge in [-0.3, -0.25) is 14.5 Å². The van der Waals surface area contributed by atoms with Crippen LogP contribution in [0.5, 0.6) is 0 Å². The standard InChI is InChI=1S/C16H25F3N2O3/c17-16(18,19)12-20-9-5-13(6-10-20)15(23)24-11-14(22)21-7-3-1-2-4-8-21/h13H,1-12H2. The first-order chi connectivity index (χ1) is 11.3. The molecule has 8 heteroatoms. The fraction of sp³-hybridized carbons (Fsp3) is 0.875. The van der Waals surface area contributed by atoms with Gasteiger partial charge in [-0.1, -0.05) is 12.8 Å². The van der Waals surface area contributed by atoms with E-state index in [0.29, 0.717) is 25.9 Å². The number of likely N-dealkylation sites (tertiary alicyclic amines) is 2. The van der Waals surface area contributed by atoms with Gasteiger partial charge in [0.1, 0.15) is 0 Å². The predicted octanol–water partition coefficient (Wildman–Crippen LogP) is 2.21. The van der Waals surface area contributed by atoms with Gasteiger partial charge < -0.3 is 9.64 Å². The summed E-state index contributed by atoms with van der Waals surface area (Å²) in [4.78, 5) is 27.1. The van der Waals surface area contributed by atoms with E-state index in [1.807, 2.05) is 0 Å². The number of nitrogens with zero attached hydrogens (tertiary/aromatic N) is 2. The van der Waals surface area contributed by atoms with Crippen LogP contribution in [0.4, 0.5) is 13.2 Å². The van der Waals surface area contributed by atoms with Gasteiger partial charge in [-0.05, 0) is 38.8 Å². The highest BCUT2D eigenvalue weighted by Crippen LogP contribution is 2.23. The Morgan fingerprint density at radius 3 is 2.08 bits per heavy atom. The third-order valence-electron chi connectivity index (χ3n) is 4.62. The monoisotopic (exact) mass is 350 g/mol. The Morgan fingerprint density at radius 1 is 0.958 bits per heavy atom. The Balaban J connectivity index is 1.68. The Bertz CT molecular complexity index is 427. The molecule has 0 atom stereocenters. The first kappa shape index (κ1) is 19.0. The number of piperidine rings is 1. The van der Waals surface area contributed by atoms with E-state index >= 15 is 0 Å². The predicted molar refractivity (Wildman–Crippen MR) is 81.2 cm³/mol. The Hall–Kier alpha value is -1.31. The lowest BCUT2D eigenvalue weighted by Crippen LogP contribution is -2.42. The average Bonchev–Trinajstić information content (AvgIpc) is 2.80. The molecule has 0 spiro atoms. The van der Waals surface area contributed by atoms with Gasteiger partial charge in [0, 0.05) is 13.1 Å². The maximum atomic E-state index is 12.3. The van der Waals surface area contributed by atoms with Crippen LogP contribution in [0.1, 0.15) is 38.5 Å². The molecule has 0 aromatic carbocycles. The van der Waals surface area contributed by atoms with Crippen LogP contribution in [0.15, 0.2) is 0 Å². The Kier molecular flexibility index (Phi) is 6.89. The van der Waals surface area contributed by atoms with Crippen LogP contribution < -0.4 is 0 Å². The quantitative estimate of drug-likeness (QED) is 0.730. The van der Waals surface area contributed by atoms with Gasteiger partial charge in [0.2, 0.25) is 0 Å². The van der Waals surface area contributed by atoms with E-state index in [4.69, 9.17) is 4.74 Å². The molecule has 0 bridgehead atoms. The van der Waals surface area contributed by atoms with Crippen molar-refractivity contribution in [2.75, 3.05) is 39.3 Å². The van der Waals surface area contributed by atoms with Crippen LogP contribution in [0, 0.1) is 5.92 Å². The molecule has 5 nitrogen and oxygen atoms in total. The molecule has 0 N–H and O–H groups in total. The Labute approximate surface area is 140 Å². The zero-order chi connectivity index (χ0) is 17.6. The molecule has 2 heterocycles. The lowest BCUT2D eigenvalue weighted by Gasteiger charge is -2.31. The zero-order valence-corrected chi connectivity index (χ0v) is 13.8. The van der Waals surface area contributed by atoms with Gasteiger partial charge in [0.15, 0.2) is 6.61 Å². The molecule has 0 saturated carbocycles. The third kappa shape index (κ3) is 6.30. The molecule has 0 radical (unpaired) electrons. The number of carbonyl (C=O) groups excluding carboxylic acids is 2. The van der Waals surface area contributed by atoms with Crippen LogP contribution in [0.2, 0.25) is 0 Å². The second-order valence-electron chi connectivity index (χ2n) is 6.57. The molecule has 0 aliphatic carbocycles. The molecule has 0 aromatic heterocycles. The molecule has 2 fully saturated rings. The first-order valence-electron chi connectivity index (χ1n) is 8.59. The fourth-order valence-corrected chi connectivity index (χ4v) is 3.24. The highest BCUT2D eigenvalue weighted by atomic mass is 19.4. The molecule has 2 saturated heterocycles. The number of rotatable bonds is 4. The lowest BCUT2D eigenvalue weighted by molar-refractivity contribution is -0.160. The van der Waals surface area contributed by atoms with Gasteiger partial charge >= 0.3 is 12.1 Å². The molecule has 2 aliphatic rings. The molecule has 2 rings (SSSR count). The van der Waals surface area contributed by atoms with Crippen molar-refractivity contribution in [1.29, 1.82) is 0 Å². The minimum atomic E-state index is -4.22. The minimum absolute atomic E-state index is 0.181. The van der Waals surface area contributed by atoms with E-state index in [-0.39, 0.29) is 25.6 Å². The molecule has 2 aliphatic heterocycles. The summed E-state index contributed by atoms with van der Waals surface area (Å²) in [5.41, 5.74) is 0. The highest BCUT2D eigenvalue weighted by molar-refractivity contribution is 5.81. The van der Waals surface area contributed by atoms with Crippen LogP contribution in [0.25, 0.3) is 0 Å². The summed E-state index contributed by atoms with van der Waals surface area (Å²) in [6.45, 7) is 0.640. The molecule has 138 valence electrons. The normalized spacial score (nSPS) is 21.4. The number of esters is 1. The van der Waals surface area contributed by atoms with Crippen molar-refractivity contribution >= 4 is 11.9 Å². The highest BCUT2D eigenvalue weighted by Gasteiger charge is 2.34. The molecule has 0 aromatic rings. The second kappa shape index (κ2) is 8.69. The minimum Gasteiger partial charge on any atom is -0.455 e. The van der Waals surface area contributed by atoms with Crippen molar-refractivity contribution in [2.24, 2.45) is 5.92 Å². The number of halogens is 3. The van der Waals surface area contributed by atoms with E-state index in [1.54, 1.807) is 4.90 Å². The SMILES string of the molecule is O=C(OCC(=O)N1CCCCCC1)C1CCN(CC(F)(F)F)CC1. The van der Waals surface area contributed by atoms with E-state index in [0.717, 1.165) is 25.7 Å². The van der Waals surface area contributed by atoms with Crippen molar-refractivity contribution in [3.05, 3.63) is 0 Å². The molecular weight excluding hydrogens is 325 g/mol. The van der Waals surface area contributed by atoms with Crippen molar-refractivity contribution in [3.63, 3.8) is 0 Å². The van der Waals surface area contributed by atoms with Crippen LogP contribution in [-0.4, -0.2) is 67.2 Å². The maximum absolute atomic E-state index is 12.3. The number of hydrogen-bond donors (Lipinski definition) is 0. The average molecular weight is 350 g/mol. The zero-order valence-electron chi connectivity index (χ0n) is 13.8. The summed E-state index contributed by atoms with van der Waals surface area (Å²) in [7, 11) is 0. The first-order valence-corrected chi connectivity index (χ1v) is 8.59. The van der Waals surface area contributed by atoms with Crippen molar-refractivity contribution in [1.82, 2.24) is 9.80 Å². The van der Waals surface area contributed by atoms with Gasteiger partial charge in [-0.2, -0.15) is 13.2 Å². The second-order valence-corrected chi connectivity index (χ2v) is 6.57. The summed E-state index contributed by atoms with van der Waals surface area (Å²) < 4.78 is 42.1. The van der Waals surface area contributed by atoms with Gasteiger partial charge in [0.25, 0.3) is 5.91 Å². The summed E-state index contributed by atoms with van der Waals surface area (Å²) in [6, 6.07) is 0. The molecule has 0 unspecified atom stereocenters. The Morgan fingerprint density at radius 2 is 1.54 bits per heavy atom. The number of amides is 1.